The van der Waals surface area contributed by atoms with Crippen LogP contribution in [0.5, 0.6) is 0 Å². The molecule has 0 amide bonds. The first-order valence-corrected chi connectivity index (χ1v) is 10.0. The molecule has 7 heteroatoms. The summed E-state index contributed by atoms with van der Waals surface area (Å²) >= 11 is 3.42. The van der Waals surface area contributed by atoms with Crippen LogP contribution in [0.4, 0.5) is 0 Å². The van der Waals surface area contributed by atoms with Gasteiger partial charge in [-0.2, -0.15) is 0 Å². The van der Waals surface area contributed by atoms with Gasteiger partial charge in [0.15, 0.2) is 10.2 Å². The Kier molecular flexibility index (Phi) is 6.49. The topological polar surface area (TPSA) is 63.6 Å². The monoisotopic (exact) mass is 371 g/mol. The zero-order valence-electron chi connectivity index (χ0n) is 14.4. The van der Waals surface area contributed by atoms with E-state index in [-0.39, 0.29) is 0 Å². The van der Waals surface area contributed by atoms with Crippen LogP contribution in [0.3, 0.4) is 0 Å². The quantitative estimate of drug-likeness (QED) is 0.479. The zero-order chi connectivity index (χ0) is 17.5. The molecule has 2 aromatic heterocycles. The SMILES string of the molecule is Cc1cccc(-c2ncc(CNCCCSc3nnc(C)s3)cn2)c1. The summed E-state index contributed by atoms with van der Waals surface area (Å²) in [5, 5.41) is 12.6. The summed E-state index contributed by atoms with van der Waals surface area (Å²) in [5.74, 6) is 1.82. The van der Waals surface area contributed by atoms with E-state index in [1.165, 1.54) is 5.56 Å². The van der Waals surface area contributed by atoms with Crippen LogP contribution in [0, 0.1) is 13.8 Å². The van der Waals surface area contributed by atoms with Gasteiger partial charge in [-0.3, -0.25) is 0 Å². The highest BCUT2D eigenvalue weighted by atomic mass is 32.2. The van der Waals surface area contributed by atoms with Crippen molar-refractivity contribution in [2.75, 3.05) is 12.3 Å². The summed E-state index contributed by atoms with van der Waals surface area (Å²) in [5.41, 5.74) is 3.38. The molecule has 1 aromatic carbocycles. The van der Waals surface area contributed by atoms with E-state index in [9.17, 15) is 0 Å². The largest absolute Gasteiger partial charge is 0.313 e. The van der Waals surface area contributed by atoms with Crippen LogP contribution in [0.2, 0.25) is 0 Å². The van der Waals surface area contributed by atoms with Crippen molar-refractivity contribution in [3.05, 3.63) is 52.8 Å². The molecule has 0 atom stereocenters. The first-order valence-electron chi connectivity index (χ1n) is 8.22. The molecule has 3 rings (SSSR count). The number of aromatic nitrogens is 4. The number of benzene rings is 1. The second kappa shape index (κ2) is 9.03. The number of hydrogen-bond donors (Lipinski definition) is 1. The molecule has 0 radical (unpaired) electrons. The molecule has 0 aliphatic carbocycles. The normalized spacial score (nSPS) is 11.0. The molecular formula is C18H21N5S2. The summed E-state index contributed by atoms with van der Waals surface area (Å²) in [6.07, 6.45) is 4.89. The smallest absolute Gasteiger partial charge is 0.174 e. The van der Waals surface area contributed by atoms with Crippen LogP contribution < -0.4 is 5.32 Å². The number of rotatable bonds is 8. The van der Waals surface area contributed by atoms with E-state index in [2.05, 4.69) is 44.5 Å². The second-order valence-electron chi connectivity index (χ2n) is 5.75. The van der Waals surface area contributed by atoms with E-state index in [0.717, 1.165) is 51.6 Å². The van der Waals surface area contributed by atoms with Gasteiger partial charge in [0.2, 0.25) is 0 Å². The van der Waals surface area contributed by atoms with Crippen LogP contribution >= 0.6 is 23.1 Å². The Bertz CT molecular complexity index is 801. The molecule has 0 saturated heterocycles. The van der Waals surface area contributed by atoms with Gasteiger partial charge in [0.1, 0.15) is 5.01 Å². The first-order chi connectivity index (χ1) is 12.2. The molecule has 25 heavy (non-hydrogen) atoms. The molecule has 0 bridgehead atoms. The second-order valence-corrected chi connectivity index (χ2v) is 8.27. The van der Waals surface area contributed by atoms with Gasteiger partial charge in [-0.1, -0.05) is 46.9 Å². The van der Waals surface area contributed by atoms with Crippen LogP contribution in [0.15, 0.2) is 41.0 Å². The van der Waals surface area contributed by atoms with E-state index in [4.69, 9.17) is 0 Å². The Morgan fingerprint density at radius 3 is 2.68 bits per heavy atom. The van der Waals surface area contributed by atoms with E-state index >= 15 is 0 Å². The van der Waals surface area contributed by atoms with Gasteiger partial charge in [0.05, 0.1) is 0 Å². The fraction of sp³-hybridized carbons (Fsp3) is 0.333. The Labute approximate surface area is 156 Å². The van der Waals surface area contributed by atoms with Crippen LogP contribution in [0.1, 0.15) is 22.6 Å². The van der Waals surface area contributed by atoms with Crippen LogP contribution in [-0.2, 0) is 6.54 Å². The highest BCUT2D eigenvalue weighted by molar-refractivity contribution is 8.01. The van der Waals surface area contributed by atoms with Gasteiger partial charge in [-0.25, -0.2) is 9.97 Å². The maximum absolute atomic E-state index is 4.48. The van der Waals surface area contributed by atoms with Crippen molar-refractivity contribution in [3.63, 3.8) is 0 Å². The maximum atomic E-state index is 4.48. The summed E-state index contributed by atoms with van der Waals surface area (Å²) < 4.78 is 1.05. The third-order valence-electron chi connectivity index (χ3n) is 3.54. The van der Waals surface area contributed by atoms with Gasteiger partial charge in [-0.15, -0.1) is 10.2 Å². The standard InChI is InChI=1S/C18H21N5S2/c1-13-5-3-6-16(9-13)17-20-11-15(12-21-17)10-19-7-4-8-24-18-23-22-14(2)25-18/h3,5-6,9,11-12,19H,4,7-8,10H2,1-2H3. The molecule has 0 unspecified atom stereocenters. The third kappa shape index (κ3) is 5.59. The molecule has 0 aliphatic heterocycles. The van der Waals surface area contributed by atoms with Gasteiger partial charge >= 0.3 is 0 Å². The summed E-state index contributed by atoms with van der Waals surface area (Å²) in [6.45, 7) is 5.81. The lowest BCUT2D eigenvalue weighted by Crippen LogP contribution is -2.15. The first kappa shape index (κ1) is 18.0. The Hall–Kier alpha value is -1.83. The van der Waals surface area contributed by atoms with Crippen molar-refractivity contribution in [2.24, 2.45) is 0 Å². The number of nitrogens with one attached hydrogen (secondary N) is 1. The molecule has 0 aliphatic rings. The molecule has 1 N–H and O–H groups in total. The fourth-order valence-corrected chi connectivity index (χ4v) is 4.13. The Balaban J connectivity index is 1.38. The maximum Gasteiger partial charge on any atom is 0.174 e. The summed E-state index contributed by atoms with van der Waals surface area (Å²) in [6, 6.07) is 8.25. The molecule has 5 nitrogen and oxygen atoms in total. The molecule has 0 fully saturated rings. The van der Waals surface area contributed by atoms with Crippen LogP contribution in [0.25, 0.3) is 11.4 Å². The van der Waals surface area contributed by atoms with Crippen molar-refractivity contribution in [2.45, 2.75) is 31.2 Å². The van der Waals surface area contributed by atoms with E-state index < -0.39 is 0 Å². The van der Waals surface area contributed by atoms with Crippen molar-refractivity contribution in [1.29, 1.82) is 0 Å². The Morgan fingerprint density at radius 1 is 1.12 bits per heavy atom. The zero-order valence-corrected chi connectivity index (χ0v) is 16.0. The van der Waals surface area contributed by atoms with Crippen molar-refractivity contribution >= 4 is 23.1 Å². The predicted molar refractivity (Wildman–Crippen MR) is 104 cm³/mol. The van der Waals surface area contributed by atoms with E-state index in [1.54, 1.807) is 23.1 Å². The average molecular weight is 372 g/mol. The highest BCUT2D eigenvalue weighted by Crippen LogP contribution is 2.22. The lowest BCUT2D eigenvalue weighted by Gasteiger charge is -2.05. The predicted octanol–water partition coefficient (Wildman–Crippen LogP) is 3.88. The summed E-state index contributed by atoms with van der Waals surface area (Å²) in [4.78, 5) is 8.96. The van der Waals surface area contributed by atoms with Gasteiger partial charge < -0.3 is 5.32 Å². The molecule has 2 heterocycles. The number of aryl methyl sites for hydroxylation is 2. The van der Waals surface area contributed by atoms with E-state index in [1.807, 2.05) is 31.5 Å². The van der Waals surface area contributed by atoms with Crippen molar-refractivity contribution in [3.8, 4) is 11.4 Å². The lowest BCUT2D eigenvalue weighted by atomic mass is 10.1. The minimum Gasteiger partial charge on any atom is -0.313 e. The fourth-order valence-electron chi connectivity index (χ4n) is 2.31. The Morgan fingerprint density at radius 2 is 1.96 bits per heavy atom. The highest BCUT2D eigenvalue weighted by Gasteiger charge is 2.03. The van der Waals surface area contributed by atoms with Crippen LogP contribution in [-0.4, -0.2) is 32.5 Å². The van der Waals surface area contributed by atoms with Gasteiger partial charge in [-0.05, 0) is 32.9 Å². The molecule has 3 aromatic rings. The minimum absolute atomic E-state index is 0.774. The van der Waals surface area contributed by atoms with Gasteiger partial charge in [0.25, 0.3) is 0 Å². The molecular weight excluding hydrogens is 350 g/mol. The third-order valence-corrected chi connectivity index (χ3v) is 5.60. The molecule has 0 spiro atoms. The minimum atomic E-state index is 0.774. The summed E-state index contributed by atoms with van der Waals surface area (Å²) in [7, 11) is 0. The van der Waals surface area contributed by atoms with Crippen molar-refractivity contribution < 1.29 is 0 Å². The van der Waals surface area contributed by atoms with Crippen molar-refractivity contribution in [1.82, 2.24) is 25.5 Å². The lowest BCUT2D eigenvalue weighted by molar-refractivity contribution is 0.675. The molecule has 130 valence electrons. The average Bonchev–Trinajstić information content (AvgIpc) is 3.04. The number of hydrogen-bond acceptors (Lipinski definition) is 7. The van der Waals surface area contributed by atoms with E-state index in [0.29, 0.717) is 0 Å². The number of thioether (sulfide) groups is 1. The van der Waals surface area contributed by atoms with Gasteiger partial charge in [0, 0.05) is 35.8 Å². The number of nitrogens with zero attached hydrogens (tertiary/aromatic N) is 4. The molecule has 0 saturated carbocycles.